The van der Waals surface area contributed by atoms with Crippen LogP contribution >= 0.6 is 0 Å². The fourth-order valence-electron chi connectivity index (χ4n) is 2.68. The van der Waals surface area contributed by atoms with Gasteiger partial charge in [-0.25, -0.2) is 0 Å². The molecule has 1 aromatic rings. The van der Waals surface area contributed by atoms with Crippen molar-refractivity contribution in [2.45, 2.75) is 38.6 Å². The van der Waals surface area contributed by atoms with Gasteiger partial charge in [-0.2, -0.15) is 0 Å². The Balaban J connectivity index is 1.78. The molecule has 1 atom stereocenters. The van der Waals surface area contributed by atoms with Crippen LogP contribution in [0, 0.1) is 0 Å². The largest absolute Gasteiger partial charge is 0.308 e. The minimum absolute atomic E-state index is 0.520. The summed E-state index contributed by atoms with van der Waals surface area (Å²) in [5.41, 5.74) is 1.43. The highest BCUT2D eigenvalue weighted by atomic mass is 15.2. The molecule has 0 aromatic heterocycles. The minimum atomic E-state index is 0.520. The first kappa shape index (κ1) is 13.6. The van der Waals surface area contributed by atoms with E-state index in [9.17, 15) is 0 Å². The molecule has 1 aliphatic rings. The van der Waals surface area contributed by atoms with Crippen LogP contribution in [0.4, 0.5) is 0 Å². The van der Waals surface area contributed by atoms with Crippen molar-refractivity contribution >= 4 is 0 Å². The minimum Gasteiger partial charge on any atom is -0.308 e. The molecule has 1 unspecified atom stereocenters. The molecule has 1 aromatic carbocycles. The summed E-state index contributed by atoms with van der Waals surface area (Å²) in [6.45, 7) is 7.03. The SMILES string of the molecule is CCCCCCN1CCNC(c2ccccc2)C1. The van der Waals surface area contributed by atoms with Gasteiger partial charge in [-0.15, -0.1) is 0 Å². The van der Waals surface area contributed by atoms with Crippen LogP contribution in [0.2, 0.25) is 0 Å². The first-order valence-corrected chi connectivity index (χ1v) is 7.41. The Bertz CT molecular complexity index is 323. The van der Waals surface area contributed by atoms with Crippen LogP contribution in [0.5, 0.6) is 0 Å². The summed E-state index contributed by atoms with van der Waals surface area (Å²) in [7, 11) is 0. The lowest BCUT2D eigenvalue weighted by atomic mass is 10.0. The molecule has 0 bridgehead atoms. The van der Waals surface area contributed by atoms with Crippen LogP contribution in [-0.4, -0.2) is 31.1 Å². The lowest BCUT2D eigenvalue weighted by Gasteiger charge is -2.34. The third-order valence-corrected chi connectivity index (χ3v) is 3.79. The van der Waals surface area contributed by atoms with Gasteiger partial charge in [0.15, 0.2) is 0 Å². The topological polar surface area (TPSA) is 15.3 Å². The molecule has 0 amide bonds. The van der Waals surface area contributed by atoms with Crippen LogP contribution in [0.3, 0.4) is 0 Å². The quantitative estimate of drug-likeness (QED) is 0.775. The van der Waals surface area contributed by atoms with Gasteiger partial charge in [0.2, 0.25) is 0 Å². The average Bonchev–Trinajstić information content (AvgIpc) is 2.45. The van der Waals surface area contributed by atoms with Gasteiger partial charge in [0.1, 0.15) is 0 Å². The van der Waals surface area contributed by atoms with E-state index in [0.29, 0.717) is 6.04 Å². The molecule has 2 heteroatoms. The third-order valence-electron chi connectivity index (χ3n) is 3.79. The molecule has 1 aliphatic heterocycles. The Hall–Kier alpha value is -0.860. The second-order valence-corrected chi connectivity index (χ2v) is 5.28. The summed E-state index contributed by atoms with van der Waals surface area (Å²) in [6, 6.07) is 11.4. The Morgan fingerprint density at radius 3 is 2.78 bits per heavy atom. The monoisotopic (exact) mass is 246 g/mol. The van der Waals surface area contributed by atoms with E-state index < -0.39 is 0 Å². The number of nitrogens with one attached hydrogen (secondary N) is 1. The van der Waals surface area contributed by atoms with Crippen molar-refractivity contribution < 1.29 is 0 Å². The molecule has 1 fully saturated rings. The lowest BCUT2D eigenvalue weighted by Crippen LogP contribution is -2.45. The molecule has 2 nitrogen and oxygen atoms in total. The fraction of sp³-hybridized carbons (Fsp3) is 0.625. The van der Waals surface area contributed by atoms with Crippen molar-refractivity contribution in [1.29, 1.82) is 0 Å². The summed E-state index contributed by atoms with van der Waals surface area (Å²) in [5.74, 6) is 0. The Labute approximate surface area is 111 Å². The highest BCUT2D eigenvalue weighted by Crippen LogP contribution is 2.17. The molecule has 100 valence electrons. The first-order valence-electron chi connectivity index (χ1n) is 7.41. The molecule has 0 saturated carbocycles. The zero-order valence-corrected chi connectivity index (χ0v) is 11.6. The first-order chi connectivity index (χ1) is 8.90. The highest BCUT2D eigenvalue weighted by Gasteiger charge is 2.19. The van der Waals surface area contributed by atoms with Crippen LogP contribution in [0.15, 0.2) is 30.3 Å². The van der Waals surface area contributed by atoms with Gasteiger partial charge in [-0.3, -0.25) is 0 Å². The molecular formula is C16H26N2. The summed E-state index contributed by atoms with van der Waals surface area (Å²) in [6.07, 6.45) is 5.45. The maximum atomic E-state index is 3.63. The summed E-state index contributed by atoms with van der Waals surface area (Å²) < 4.78 is 0. The van der Waals surface area contributed by atoms with Crippen LogP contribution < -0.4 is 5.32 Å². The number of hydrogen-bond donors (Lipinski definition) is 1. The van der Waals surface area contributed by atoms with Crippen molar-refractivity contribution in [2.24, 2.45) is 0 Å². The molecule has 1 saturated heterocycles. The predicted molar refractivity (Wildman–Crippen MR) is 77.8 cm³/mol. The van der Waals surface area contributed by atoms with Crippen molar-refractivity contribution in [3.63, 3.8) is 0 Å². The van der Waals surface area contributed by atoms with Crippen molar-refractivity contribution in [3.8, 4) is 0 Å². The van der Waals surface area contributed by atoms with E-state index in [0.717, 1.165) is 13.1 Å². The molecular weight excluding hydrogens is 220 g/mol. The lowest BCUT2D eigenvalue weighted by molar-refractivity contribution is 0.197. The van der Waals surface area contributed by atoms with E-state index in [-0.39, 0.29) is 0 Å². The second kappa shape index (κ2) is 7.55. The van der Waals surface area contributed by atoms with Gasteiger partial charge < -0.3 is 10.2 Å². The maximum absolute atomic E-state index is 3.63. The fourth-order valence-corrected chi connectivity index (χ4v) is 2.68. The van der Waals surface area contributed by atoms with Crippen molar-refractivity contribution in [1.82, 2.24) is 10.2 Å². The summed E-state index contributed by atoms with van der Waals surface area (Å²) in [5, 5.41) is 3.63. The van der Waals surface area contributed by atoms with E-state index in [4.69, 9.17) is 0 Å². The number of nitrogens with zero attached hydrogens (tertiary/aromatic N) is 1. The van der Waals surface area contributed by atoms with Gasteiger partial charge in [-0.05, 0) is 18.5 Å². The van der Waals surface area contributed by atoms with Crippen molar-refractivity contribution in [2.75, 3.05) is 26.2 Å². The maximum Gasteiger partial charge on any atom is 0.0449 e. The zero-order valence-electron chi connectivity index (χ0n) is 11.6. The third kappa shape index (κ3) is 4.11. The molecule has 2 rings (SSSR count). The van der Waals surface area contributed by atoms with Gasteiger partial charge in [0.25, 0.3) is 0 Å². The summed E-state index contributed by atoms with van der Waals surface area (Å²) in [4.78, 5) is 2.61. The van der Waals surface area contributed by atoms with E-state index >= 15 is 0 Å². The molecule has 18 heavy (non-hydrogen) atoms. The Morgan fingerprint density at radius 1 is 1.17 bits per heavy atom. The highest BCUT2D eigenvalue weighted by molar-refractivity contribution is 5.19. The van der Waals surface area contributed by atoms with Crippen molar-refractivity contribution in [3.05, 3.63) is 35.9 Å². The van der Waals surface area contributed by atoms with Crippen LogP contribution in [0.25, 0.3) is 0 Å². The van der Waals surface area contributed by atoms with Gasteiger partial charge in [0, 0.05) is 25.7 Å². The van der Waals surface area contributed by atoms with E-state index in [1.165, 1.54) is 44.3 Å². The molecule has 1 heterocycles. The molecule has 0 spiro atoms. The van der Waals surface area contributed by atoms with E-state index in [2.05, 4.69) is 47.5 Å². The van der Waals surface area contributed by atoms with E-state index in [1.807, 2.05) is 0 Å². The smallest absolute Gasteiger partial charge is 0.0449 e. The number of piperazine rings is 1. The van der Waals surface area contributed by atoms with Crippen LogP contribution in [0.1, 0.15) is 44.2 Å². The average molecular weight is 246 g/mol. The number of hydrogen-bond acceptors (Lipinski definition) is 2. The number of benzene rings is 1. The zero-order chi connectivity index (χ0) is 12.6. The molecule has 0 radical (unpaired) electrons. The predicted octanol–water partition coefficient (Wildman–Crippen LogP) is 3.21. The van der Waals surface area contributed by atoms with E-state index in [1.54, 1.807) is 0 Å². The Morgan fingerprint density at radius 2 is 2.00 bits per heavy atom. The van der Waals surface area contributed by atoms with Crippen LogP contribution in [-0.2, 0) is 0 Å². The standard InChI is InChI=1S/C16H26N2/c1-2-3-4-8-12-18-13-11-17-16(14-18)15-9-6-5-7-10-15/h5-7,9-10,16-17H,2-4,8,11-14H2,1H3. The second-order valence-electron chi connectivity index (χ2n) is 5.28. The summed E-state index contributed by atoms with van der Waals surface area (Å²) >= 11 is 0. The van der Waals surface area contributed by atoms with Gasteiger partial charge in [-0.1, -0.05) is 56.5 Å². The number of unbranched alkanes of at least 4 members (excludes halogenated alkanes) is 3. The van der Waals surface area contributed by atoms with Gasteiger partial charge in [0.05, 0.1) is 0 Å². The molecule has 1 N–H and O–H groups in total. The normalized spacial score (nSPS) is 21.1. The Kier molecular flexibility index (Phi) is 5.69. The van der Waals surface area contributed by atoms with Gasteiger partial charge >= 0.3 is 0 Å². The molecule has 0 aliphatic carbocycles. The number of rotatable bonds is 6.